The predicted octanol–water partition coefficient (Wildman–Crippen LogP) is 6.12. The van der Waals surface area contributed by atoms with Crippen LogP contribution in [-0.2, 0) is 11.8 Å². The topological polar surface area (TPSA) is 42.3 Å². The van der Waals surface area contributed by atoms with Crippen LogP contribution in [0.2, 0.25) is 0 Å². The molecule has 1 fully saturated rings. The van der Waals surface area contributed by atoms with Gasteiger partial charge in [0, 0.05) is 30.1 Å². The van der Waals surface area contributed by atoms with Crippen LogP contribution in [0, 0.1) is 31.8 Å². The van der Waals surface area contributed by atoms with E-state index in [1.807, 2.05) is 12.2 Å². The van der Waals surface area contributed by atoms with Gasteiger partial charge in [0.2, 0.25) is 0 Å². The molecule has 0 bridgehead atoms. The van der Waals surface area contributed by atoms with Crippen LogP contribution in [0.1, 0.15) is 48.9 Å². The normalized spacial score (nSPS) is 19.8. The Morgan fingerprint density at radius 2 is 2.03 bits per heavy atom. The highest BCUT2D eigenvalue weighted by atomic mass is 16.5. The summed E-state index contributed by atoms with van der Waals surface area (Å²) < 4.78 is 8.61. The third-order valence-electron chi connectivity index (χ3n) is 6.47. The van der Waals surface area contributed by atoms with Gasteiger partial charge in [0.05, 0.1) is 12.6 Å². The average Bonchev–Trinajstić information content (AvgIpc) is 3.25. The first kappa shape index (κ1) is 19.1. The monoisotopic (exact) mass is 383 g/mol. The molecule has 1 spiro atoms. The Balaban J connectivity index is 1.70. The lowest BCUT2D eigenvalue weighted by atomic mass is 9.88. The number of aryl methyl sites for hydroxylation is 2. The van der Waals surface area contributed by atoms with Crippen LogP contribution in [0.15, 0.2) is 47.4 Å². The first-order chi connectivity index (χ1) is 14.0. The Labute approximate surface area is 172 Å². The number of benzene rings is 1. The quantitative estimate of drug-likeness (QED) is 0.463. The maximum atomic E-state index is 9.34. The molecule has 1 aliphatic carbocycles. The second-order valence-corrected chi connectivity index (χ2v) is 8.19. The van der Waals surface area contributed by atoms with Gasteiger partial charge in [-0.2, -0.15) is 0 Å². The Hall–Kier alpha value is -3.24. The van der Waals surface area contributed by atoms with Gasteiger partial charge in [-0.1, -0.05) is 12.1 Å². The van der Waals surface area contributed by atoms with Crippen LogP contribution in [0.4, 0.5) is 0 Å². The minimum absolute atomic E-state index is 0.183. The molecule has 146 valence electrons. The highest BCUT2D eigenvalue weighted by Gasteiger charge is 2.39. The number of allylic oxidation sites excluding steroid dienone is 3. The Morgan fingerprint density at radius 1 is 1.28 bits per heavy atom. The summed E-state index contributed by atoms with van der Waals surface area (Å²) >= 11 is 0. The Morgan fingerprint density at radius 3 is 2.72 bits per heavy atom. The minimum Gasteiger partial charge on any atom is -0.487 e. The molecular formula is C25H25N3O. The minimum atomic E-state index is -0.256. The van der Waals surface area contributed by atoms with Crippen LogP contribution in [0.3, 0.4) is 0 Å². The fraction of sp³-hybridized carbons (Fsp3) is 0.360. The van der Waals surface area contributed by atoms with Crippen molar-refractivity contribution in [3.05, 3.63) is 75.6 Å². The summed E-state index contributed by atoms with van der Waals surface area (Å²) in [5, 5.41) is 10.6. The summed E-state index contributed by atoms with van der Waals surface area (Å²) in [4.78, 5) is 3.43. The molecule has 1 aliphatic heterocycles. The van der Waals surface area contributed by atoms with E-state index in [4.69, 9.17) is 11.3 Å². The summed E-state index contributed by atoms with van der Waals surface area (Å²) in [6.45, 7) is 11.6. The Bertz CT molecular complexity index is 1140. The predicted molar refractivity (Wildman–Crippen MR) is 116 cm³/mol. The lowest BCUT2D eigenvalue weighted by molar-refractivity contribution is 0.00776. The van der Waals surface area contributed by atoms with Gasteiger partial charge >= 0.3 is 0 Å². The van der Waals surface area contributed by atoms with Crippen LogP contribution < -0.4 is 0 Å². The van der Waals surface area contributed by atoms with E-state index in [1.54, 1.807) is 0 Å². The van der Waals surface area contributed by atoms with E-state index in [1.165, 1.54) is 22.2 Å². The molecule has 4 heteroatoms. The highest BCUT2D eigenvalue weighted by Crippen LogP contribution is 2.44. The number of fused-ring (bicyclic) bond motifs is 1. The number of rotatable bonds is 2. The van der Waals surface area contributed by atoms with Crippen LogP contribution in [-0.4, -0.2) is 10.2 Å². The van der Waals surface area contributed by atoms with Crippen molar-refractivity contribution < 1.29 is 4.74 Å². The third-order valence-corrected chi connectivity index (χ3v) is 6.47. The first-order valence-corrected chi connectivity index (χ1v) is 10.1. The largest absolute Gasteiger partial charge is 0.487 e. The van der Waals surface area contributed by atoms with E-state index in [9.17, 15) is 5.26 Å². The zero-order valence-electron chi connectivity index (χ0n) is 17.2. The molecule has 4 nitrogen and oxygen atoms in total. The van der Waals surface area contributed by atoms with E-state index >= 15 is 0 Å². The summed E-state index contributed by atoms with van der Waals surface area (Å²) in [6.07, 6.45) is 10.8. The van der Waals surface area contributed by atoms with E-state index in [0.29, 0.717) is 6.42 Å². The summed E-state index contributed by atoms with van der Waals surface area (Å²) in [6, 6.07) is 8.53. The number of hydrogen-bond acceptors (Lipinski definition) is 2. The molecule has 29 heavy (non-hydrogen) atoms. The van der Waals surface area contributed by atoms with Crippen LogP contribution in [0.5, 0.6) is 0 Å². The van der Waals surface area contributed by atoms with Gasteiger partial charge in [-0.3, -0.25) is 0 Å². The van der Waals surface area contributed by atoms with E-state index in [2.05, 4.69) is 60.7 Å². The maximum absolute atomic E-state index is 9.34. The number of hydrogen-bond donors (Lipinski definition) is 0. The van der Waals surface area contributed by atoms with Gasteiger partial charge < -0.3 is 9.30 Å². The fourth-order valence-corrected chi connectivity index (χ4v) is 4.64. The lowest BCUT2D eigenvalue weighted by Gasteiger charge is -2.35. The molecule has 1 aromatic heterocycles. The molecule has 0 saturated heterocycles. The smallest absolute Gasteiger partial charge is 0.265 e. The summed E-state index contributed by atoms with van der Waals surface area (Å²) in [5.74, 6) is 0.741. The van der Waals surface area contributed by atoms with Crippen molar-refractivity contribution in [1.82, 2.24) is 4.57 Å². The fourth-order valence-electron chi connectivity index (χ4n) is 4.64. The van der Waals surface area contributed by atoms with Gasteiger partial charge in [-0.05, 0) is 80.5 Å². The van der Waals surface area contributed by atoms with E-state index in [0.717, 1.165) is 42.6 Å². The van der Waals surface area contributed by atoms with Gasteiger partial charge in [0.15, 0.2) is 0 Å². The third kappa shape index (κ3) is 3.36. The molecule has 2 aliphatic rings. The maximum Gasteiger partial charge on any atom is 0.265 e. The van der Waals surface area contributed by atoms with Gasteiger partial charge in [0.25, 0.3) is 5.70 Å². The van der Waals surface area contributed by atoms with Crippen molar-refractivity contribution in [2.45, 2.75) is 51.6 Å². The molecule has 0 N–H and O–H groups in total. The van der Waals surface area contributed by atoms with Crippen molar-refractivity contribution in [3.63, 3.8) is 0 Å². The lowest BCUT2D eigenvalue weighted by Crippen LogP contribution is -2.31. The number of aromatic nitrogens is 1. The standard InChI is InChI=1S/C25H25N3O/c1-17-18(2)28(4)24-10-8-19(13-22(17)24)7-9-21-14-20(23(16-26)27-3)15-25(29-21)11-5-6-12-25/h7-10,13-14H,5-6,11-12,15H2,1-2,4H3/b9-7+,23-20+. The molecule has 0 unspecified atom stereocenters. The second kappa shape index (κ2) is 7.30. The summed E-state index contributed by atoms with van der Waals surface area (Å²) in [5.41, 5.74) is 5.65. The Kier molecular flexibility index (Phi) is 4.81. The number of nitriles is 1. The van der Waals surface area contributed by atoms with Crippen molar-refractivity contribution in [1.29, 1.82) is 5.26 Å². The van der Waals surface area contributed by atoms with Crippen molar-refractivity contribution in [3.8, 4) is 6.07 Å². The molecule has 1 saturated carbocycles. The first-order valence-electron chi connectivity index (χ1n) is 10.1. The molecule has 2 aromatic rings. The van der Waals surface area contributed by atoms with Crippen LogP contribution in [0.25, 0.3) is 21.8 Å². The van der Waals surface area contributed by atoms with Crippen molar-refractivity contribution in [2.75, 3.05) is 0 Å². The number of nitrogens with zero attached hydrogens (tertiary/aromatic N) is 3. The van der Waals surface area contributed by atoms with E-state index in [-0.39, 0.29) is 11.3 Å². The molecule has 0 radical (unpaired) electrons. The highest BCUT2D eigenvalue weighted by molar-refractivity contribution is 5.87. The molecule has 2 heterocycles. The summed E-state index contributed by atoms with van der Waals surface area (Å²) in [7, 11) is 2.10. The zero-order chi connectivity index (χ0) is 20.6. The van der Waals surface area contributed by atoms with Gasteiger partial charge in [-0.15, -0.1) is 0 Å². The molecule has 0 atom stereocenters. The van der Waals surface area contributed by atoms with Crippen molar-refractivity contribution in [2.24, 2.45) is 7.05 Å². The average molecular weight is 383 g/mol. The zero-order valence-corrected chi connectivity index (χ0v) is 17.2. The van der Waals surface area contributed by atoms with Gasteiger partial charge in [-0.25, -0.2) is 10.1 Å². The van der Waals surface area contributed by atoms with Gasteiger partial charge in [0.1, 0.15) is 11.4 Å². The molecule has 1 aromatic carbocycles. The molecular weight excluding hydrogens is 358 g/mol. The molecule has 4 rings (SSSR count). The SMILES string of the molecule is [C-]#[N+]/C(C#N)=C1C=C(/C=C/c2ccc3c(c2)c(C)c(C)n3C)OC2(CCCC2)C\1. The van der Waals surface area contributed by atoms with Crippen molar-refractivity contribution >= 4 is 17.0 Å². The molecule has 0 amide bonds. The number of ether oxygens (including phenoxy) is 1. The second-order valence-electron chi connectivity index (χ2n) is 8.19. The van der Waals surface area contributed by atoms with E-state index < -0.39 is 0 Å². The van der Waals surface area contributed by atoms with Crippen LogP contribution >= 0.6 is 0 Å².